The van der Waals surface area contributed by atoms with Crippen LogP contribution in [0.2, 0.25) is 0 Å². The zero-order chi connectivity index (χ0) is 14.4. The van der Waals surface area contributed by atoms with E-state index in [1.54, 1.807) is 0 Å². The third-order valence-corrected chi connectivity index (χ3v) is 4.45. The number of ether oxygens (including phenoxy) is 1. The lowest BCUT2D eigenvalue weighted by Crippen LogP contribution is -2.41. The summed E-state index contributed by atoms with van der Waals surface area (Å²) in [7, 11) is -0.288. The predicted molar refractivity (Wildman–Crippen MR) is 79.8 cm³/mol. The molecule has 0 aliphatic carbocycles. The molecule has 0 N–H and O–H groups in total. The van der Waals surface area contributed by atoms with E-state index in [-0.39, 0.29) is 18.3 Å². The fourth-order valence-corrected chi connectivity index (χ4v) is 2.51. The van der Waals surface area contributed by atoms with Crippen molar-refractivity contribution >= 4 is 7.12 Å². The molecule has 20 heavy (non-hydrogen) atoms. The van der Waals surface area contributed by atoms with E-state index in [2.05, 4.69) is 39.7 Å². The van der Waals surface area contributed by atoms with Crippen molar-refractivity contribution < 1.29 is 14.0 Å². The molecule has 2 heterocycles. The van der Waals surface area contributed by atoms with Crippen molar-refractivity contribution in [1.29, 1.82) is 0 Å². The Labute approximate surface area is 121 Å². The topological polar surface area (TPSA) is 27.7 Å². The van der Waals surface area contributed by atoms with E-state index in [9.17, 15) is 0 Å². The van der Waals surface area contributed by atoms with Crippen LogP contribution >= 0.6 is 0 Å². The number of hydrogen-bond donors (Lipinski definition) is 0. The second-order valence-electron chi connectivity index (χ2n) is 6.52. The molecule has 3 rings (SSSR count). The minimum absolute atomic E-state index is 0.288. The maximum absolute atomic E-state index is 6.00. The number of fused-ring (bicyclic) bond motifs is 1. The molecule has 2 aliphatic rings. The largest absolute Gasteiger partial charge is 0.489 e. The van der Waals surface area contributed by atoms with Gasteiger partial charge >= 0.3 is 7.12 Å². The molecule has 2 aliphatic heterocycles. The van der Waals surface area contributed by atoms with Crippen LogP contribution in [-0.2, 0) is 15.7 Å². The van der Waals surface area contributed by atoms with Crippen LogP contribution in [0.5, 0.6) is 5.75 Å². The van der Waals surface area contributed by atoms with Crippen molar-refractivity contribution in [2.75, 3.05) is 6.61 Å². The van der Waals surface area contributed by atoms with E-state index in [0.717, 1.165) is 12.2 Å². The smallest absolute Gasteiger partial charge is 0.487 e. The van der Waals surface area contributed by atoms with E-state index < -0.39 is 0 Å². The molecule has 0 spiro atoms. The average Bonchev–Trinajstić information content (AvgIpc) is 2.57. The summed E-state index contributed by atoms with van der Waals surface area (Å²) in [5, 5.41) is 0. The molecule has 0 saturated carbocycles. The normalized spacial score (nSPS) is 25.4. The lowest BCUT2D eigenvalue weighted by atomic mass is 9.85. The van der Waals surface area contributed by atoms with Gasteiger partial charge in [0.1, 0.15) is 12.4 Å². The molecule has 1 saturated heterocycles. The van der Waals surface area contributed by atoms with E-state index in [1.165, 1.54) is 11.1 Å². The van der Waals surface area contributed by atoms with E-state index in [4.69, 9.17) is 14.0 Å². The standard InChI is InChI=1S/C16H21BO3/c1-15(2)16(3,4)20-17(19-15)10-12-9-13-7-5-6-8-14(13)18-11-12/h5-8,10H,9,11H2,1-4H3/b12-10+. The van der Waals surface area contributed by atoms with Gasteiger partial charge in [0.05, 0.1) is 11.2 Å². The first-order valence-electron chi connectivity index (χ1n) is 7.13. The fraction of sp³-hybridized carbons (Fsp3) is 0.500. The molecule has 0 unspecified atom stereocenters. The van der Waals surface area contributed by atoms with Gasteiger partial charge in [0.2, 0.25) is 0 Å². The summed E-state index contributed by atoms with van der Waals surface area (Å²) in [6.07, 6.45) is 0.903. The Balaban J connectivity index is 1.76. The Morgan fingerprint density at radius 3 is 2.40 bits per heavy atom. The molecule has 3 nitrogen and oxygen atoms in total. The summed E-state index contributed by atoms with van der Waals surface area (Å²) in [5.74, 6) is 3.05. The summed E-state index contributed by atoms with van der Waals surface area (Å²) in [6, 6.07) is 8.16. The van der Waals surface area contributed by atoms with E-state index in [1.807, 2.05) is 18.2 Å². The number of rotatable bonds is 1. The van der Waals surface area contributed by atoms with E-state index >= 15 is 0 Å². The molecule has 1 aromatic carbocycles. The molecular weight excluding hydrogens is 251 g/mol. The lowest BCUT2D eigenvalue weighted by Gasteiger charge is -2.32. The third-order valence-electron chi connectivity index (χ3n) is 4.45. The van der Waals surface area contributed by atoms with Crippen LogP contribution in [0, 0.1) is 0 Å². The predicted octanol–water partition coefficient (Wildman–Crippen LogP) is 3.18. The highest BCUT2D eigenvalue weighted by molar-refractivity contribution is 6.51. The lowest BCUT2D eigenvalue weighted by molar-refractivity contribution is 0.00578. The average molecular weight is 272 g/mol. The molecule has 106 valence electrons. The zero-order valence-corrected chi connectivity index (χ0v) is 12.6. The molecule has 4 heteroatoms. The first-order chi connectivity index (χ1) is 9.37. The van der Waals surface area contributed by atoms with Crippen molar-refractivity contribution in [2.45, 2.75) is 45.3 Å². The minimum Gasteiger partial charge on any atom is -0.489 e. The van der Waals surface area contributed by atoms with Gasteiger partial charge in [-0.2, -0.15) is 0 Å². The fourth-order valence-electron chi connectivity index (χ4n) is 2.51. The monoisotopic (exact) mass is 272 g/mol. The van der Waals surface area contributed by atoms with Crippen molar-refractivity contribution in [3.8, 4) is 5.75 Å². The van der Waals surface area contributed by atoms with Crippen LogP contribution in [0.4, 0.5) is 0 Å². The maximum atomic E-state index is 6.00. The van der Waals surface area contributed by atoms with Gasteiger partial charge in [-0.15, -0.1) is 0 Å². The van der Waals surface area contributed by atoms with Crippen molar-refractivity contribution in [3.63, 3.8) is 0 Å². The van der Waals surface area contributed by atoms with Crippen LogP contribution < -0.4 is 4.74 Å². The number of benzene rings is 1. The first-order valence-corrected chi connectivity index (χ1v) is 7.13. The highest BCUT2D eigenvalue weighted by Gasteiger charge is 2.50. The Kier molecular flexibility index (Phi) is 3.18. The maximum Gasteiger partial charge on any atom is 0.487 e. The van der Waals surface area contributed by atoms with Crippen molar-refractivity contribution in [3.05, 3.63) is 41.4 Å². The summed E-state index contributed by atoms with van der Waals surface area (Å²) in [6.45, 7) is 8.88. The summed E-state index contributed by atoms with van der Waals surface area (Å²) >= 11 is 0. The highest BCUT2D eigenvalue weighted by atomic mass is 16.7. The van der Waals surface area contributed by atoms with Gasteiger partial charge in [-0.1, -0.05) is 24.2 Å². The second kappa shape index (κ2) is 4.64. The summed E-state index contributed by atoms with van der Waals surface area (Å²) < 4.78 is 17.8. The van der Waals surface area contributed by atoms with Gasteiger partial charge in [-0.05, 0) is 51.3 Å². The molecule has 1 fully saturated rings. The van der Waals surface area contributed by atoms with Gasteiger partial charge < -0.3 is 14.0 Å². The second-order valence-corrected chi connectivity index (χ2v) is 6.52. The summed E-state index contributed by atoms with van der Waals surface area (Å²) in [4.78, 5) is 0. The molecule has 1 aromatic rings. The van der Waals surface area contributed by atoms with Crippen LogP contribution in [-0.4, -0.2) is 24.9 Å². The van der Waals surface area contributed by atoms with Gasteiger partial charge in [0, 0.05) is 0 Å². The SMILES string of the molecule is CC1(C)OB(/C=C2/COc3ccccc3C2)OC1(C)C. The molecular formula is C16H21BO3. The van der Waals surface area contributed by atoms with Crippen LogP contribution in [0.3, 0.4) is 0 Å². The van der Waals surface area contributed by atoms with E-state index in [0.29, 0.717) is 6.61 Å². The zero-order valence-electron chi connectivity index (χ0n) is 12.6. The van der Waals surface area contributed by atoms with Crippen LogP contribution in [0.1, 0.15) is 33.3 Å². The molecule has 0 bridgehead atoms. The summed E-state index contributed by atoms with van der Waals surface area (Å²) in [5.41, 5.74) is 1.85. The van der Waals surface area contributed by atoms with Crippen molar-refractivity contribution in [2.24, 2.45) is 0 Å². The minimum atomic E-state index is -0.290. The Morgan fingerprint density at radius 1 is 1.05 bits per heavy atom. The third kappa shape index (κ3) is 2.38. The van der Waals surface area contributed by atoms with Gasteiger partial charge in [-0.3, -0.25) is 0 Å². The molecule has 0 radical (unpaired) electrons. The molecule has 0 aromatic heterocycles. The highest BCUT2D eigenvalue weighted by Crippen LogP contribution is 2.37. The first kappa shape index (κ1) is 13.7. The quantitative estimate of drug-likeness (QED) is 0.735. The number of hydrogen-bond acceptors (Lipinski definition) is 3. The molecule has 0 atom stereocenters. The Hall–Kier alpha value is -1.26. The van der Waals surface area contributed by atoms with Crippen molar-refractivity contribution in [1.82, 2.24) is 0 Å². The van der Waals surface area contributed by atoms with Gasteiger partial charge in [0.25, 0.3) is 0 Å². The Morgan fingerprint density at radius 2 is 1.70 bits per heavy atom. The van der Waals surface area contributed by atoms with Gasteiger partial charge in [0.15, 0.2) is 0 Å². The Bertz CT molecular complexity index is 532. The van der Waals surface area contributed by atoms with Crippen LogP contribution in [0.15, 0.2) is 35.8 Å². The van der Waals surface area contributed by atoms with Gasteiger partial charge in [-0.25, -0.2) is 0 Å². The molecule has 0 amide bonds. The van der Waals surface area contributed by atoms with Crippen LogP contribution in [0.25, 0.3) is 0 Å². The number of para-hydroxylation sites is 1.